The van der Waals surface area contributed by atoms with Crippen molar-refractivity contribution in [1.29, 1.82) is 0 Å². The van der Waals surface area contributed by atoms with Crippen molar-refractivity contribution in [3.05, 3.63) is 71.9 Å². The van der Waals surface area contributed by atoms with Crippen LogP contribution in [0.5, 0.6) is 0 Å². The third-order valence-corrected chi connectivity index (χ3v) is 4.46. The maximum absolute atomic E-state index is 12.6. The summed E-state index contributed by atoms with van der Waals surface area (Å²) in [4.78, 5) is 26.2. The highest BCUT2D eigenvalue weighted by Crippen LogP contribution is 2.26. The highest BCUT2D eigenvalue weighted by Gasteiger charge is 2.26. The summed E-state index contributed by atoms with van der Waals surface area (Å²) < 4.78 is 10.7. The summed E-state index contributed by atoms with van der Waals surface area (Å²) in [6.07, 6.45) is 1.30. The van der Waals surface area contributed by atoms with E-state index in [-0.39, 0.29) is 12.5 Å². The molecular weight excluding hydrogens is 344 g/mol. The van der Waals surface area contributed by atoms with Crippen molar-refractivity contribution in [2.45, 2.75) is 19.4 Å². The molecule has 1 amide bonds. The zero-order valence-corrected chi connectivity index (χ0v) is 14.6. The smallest absolute Gasteiger partial charge is 0.340 e. The Morgan fingerprint density at radius 3 is 2.67 bits per heavy atom. The van der Waals surface area contributed by atoms with E-state index in [1.807, 2.05) is 36.4 Å². The molecule has 1 aromatic heterocycles. The van der Waals surface area contributed by atoms with E-state index in [2.05, 4.69) is 5.16 Å². The first kappa shape index (κ1) is 17.0. The van der Waals surface area contributed by atoms with Crippen LogP contribution >= 0.6 is 0 Å². The van der Waals surface area contributed by atoms with Gasteiger partial charge in [-0.25, -0.2) is 4.79 Å². The summed E-state index contributed by atoms with van der Waals surface area (Å²) in [6.45, 7) is 0.615. The zero-order valence-electron chi connectivity index (χ0n) is 14.6. The second kappa shape index (κ2) is 7.45. The van der Waals surface area contributed by atoms with Crippen molar-refractivity contribution in [3.8, 4) is 11.3 Å². The number of rotatable bonds is 5. The lowest BCUT2D eigenvalue weighted by Gasteiger charge is -2.18. The molecule has 0 bridgehead atoms. The number of amides is 1. The monoisotopic (exact) mass is 362 g/mol. The molecule has 0 aliphatic carbocycles. The van der Waals surface area contributed by atoms with Crippen LogP contribution in [0, 0.1) is 0 Å². The highest BCUT2D eigenvalue weighted by molar-refractivity contribution is 6.03. The van der Waals surface area contributed by atoms with Gasteiger partial charge in [0.05, 0.1) is 11.3 Å². The van der Waals surface area contributed by atoms with Crippen molar-refractivity contribution in [2.24, 2.45) is 0 Å². The van der Waals surface area contributed by atoms with E-state index < -0.39 is 5.97 Å². The fourth-order valence-corrected chi connectivity index (χ4v) is 3.12. The number of anilines is 1. The molecule has 2 aromatic carbocycles. The third kappa shape index (κ3) is 3.60. The van der Waals surface area contributed by atoms with Gasteiger partial charge in [-0.15, -0.1) is 0 Å². The van der Waals surface area contributed by atoms with Crippen molar-refractivity contribution < 1.29 is 18.8 Å². The van der Waals surface area contributed by atoms with Gasteiger partial charge in [0.1, 0.15) is 12.3 Å². The van der Waals surface area contributed by atoms with Crippen LogP contribution in [-0.2, 0) is 16.1 Å². The van der Waals surface area contributed by atoms with Crippen molar-refractivity contribution >= 4 is 17.6 Å². The second-order valence-corrected chi connectivity index (χ2v) is 6.29. The Morgan fingerprint density at radius 2 is 1.89 bits per heavy atom. The standard InChI is InChI=1S/C21H18N2O4/c24-20-11-6-12-23(20)18-10-5-4-9-17(18)21(25)26-14-16-13-19(27-22-16)15-7-2-1-3-8-15/h1-5,7-10,13H,6,11-12,14H2. The largest absolute Gasteiger partial charge is 0.455 e. The lowest BCUT2D eigenvalue weighted by molar-refractivity contribution is -0.117. The first-order chi connectivity index (χ1) is 13.2. The van der Waals surface area contributed by atoms with E-state index in [1.165, 1.54) is 0 Å². The molecule has 1 saturated heterocycles. The van der Waals surface area contributed by atoms with E-state index in [0.717, 1.165) is 12.0 Å². The van der Waals surface area contributed by atoms with Crippen LogP contribution in [0.25, 0.3) is 11.3 Å². The van der Waals surface area contributed by atoms with E-state index in [4.69, 9.17) is 9.26 Å². The molecule has 0 atom stereocenters. The van der Waals surface area contributed by atoms with E-state index in [1.54, 1.807) is 29.2 Å². The quantitative estimate of drug-likeness (QED) is 0.645. The van der Waals surface area contributed by atoms with Gasteiger partial charge in [0, 0.05) is 24.6 Å². The lowest BCUT2D eigenvalue weighted by atomic mass is 10.1. The molecule has 6 heteroatoms. The normalized spacial score (nSPS) is 13.8. The Kier molecular flexibility index (Phi) is 4.70. The Hall–Kier alpha value is -3.41. The average molecular weight is 362 g/mol. The highest BCUT2D eigenvalue weighted by atomic mass is 16.5. The number of esters is 1. The molecule has 136 valence electrons. The molecule has 0 spiro atoms. The molecule has 2 heterocycles. The average Bonchev–Trinajstić information content (AvgIpc) is 3.36. The van der Waals surface area contributed by atoms with Crippen LogP contribution in [0.15, 0.2) is 65.2 Å². The summed E-state index contributed by atoms with van der Waals surface area (Å²) in [5.41, 5.74) is 2.40. The van der Waals surface area contributed by atoms with Crippen LogP contribution in [-0.4, -0.2) is 23.6 Å². The predicted octanol–water partition coefficient (Wildman–Crippen LogP) is 3.83. The molecule has 0 radical (unpaired) electrons. The first-order valence-corrected chi connectivity index (χ1v) is 8.80. The number of nitrogens with zero attached hydrogens (tertiary/aromatic N) is 2. The van der Waals surface area contributed by atoms with Crippen LogP contribution in [0.3, 0.4) is 0 Å². The molecule has 0 N–H and O–H groups in total. The predicted molar refractivity (Wildman–Crippen MR) is 99.1 cm³/mol. The molecule has 1 aliphatic rings. The molecule has 1 fully saturated rings. The SMILES string of the molecule is O=C(OCc1cc(-c2ccccc2)on1)c1ccccc1N1CCCC1=O. The van der Waals surface area contributed by atoms with Gasteiger partial charge in [-0.3, -0.25) is 4.79 Å². The molecule has 4 rings (SSSR count). The topological polar surface area (TPSA) is 72.6 Å². The van der Waals surface area contributed by atoms with Gasteiger partial charge in [0.25, 0.3) is 0 Å². The van der Waals surface area contributed by atoms with Crippen LogP contribution in [0.1, 0.15) is 28.9 Å². The third-order valence-electron chi connectivity index (χ3n) is 4.46. The number of carbonyl (C=O) groups is 2. The fraction of sp³-hybridized carbons (Fsp3) is 0.190. The van der Waals surface area contributed by atoms with Crippen LogP contribution in [0.2, 0.25) is 0 Å². The molecule has 3 aromatic rings. The maximum atomic E-state index is 12.6. The van der Waals surface area contributed by atoms with E-state index in [9.17, 15) is 9.59 Å². The Bertz CT molecular complexity index is 965. The van der Waals surface area contributed by atoms with Gasteiger partial charge in [-0.1, -0.05) is 47.6 Å². The molecule has 1 aliphatic heterocycles. The second-order valence-electron chi connectivity index (χ2n) is 6.29. The summed E-state index contributed by atoms with van der Waals surface area (Å²) in [7, 11) is 0. The van der Waals surface area contributed by atoms with Gasteiger partial charge in [0.15, 0.2) is 5.76 Å². The fourth-order valence-electron chi connectivity index (χ4n) is 3.12. The summed E-state index contributed by atoms with van der Waals surface area (Å²) in [6, 6.07) is 18.3. The number of ether oxygens (including phenoxy) is 1. The molecule has 27 heavy (non-hydrogen) atoms. The Labute approximate surface area is 156 Å². The van der Waals surface area contributed by atoms with Crippen LogP contribution in [0.4, 0.5) is 5.69 Å². The van der Waals surface area contributed by atoms with E-state index >= 15 is 0 Å². The Balaban J connectivity index is 1.46. The summed E-state index contributed by atoms with van der Waals surface area (Å²) in [5.74, 6) is 0.151. The van der Waals surface area contributed by atoms with Gasteiger partial charge < -0.3 is 14.2 Å². The Morgan fingerprint density at radius 1 is 1.11 bits per heavy atom. The molecule has 6 nitrogen and oxygen atoms in total. The van der Waals surface area contributed by atoms with Gasteiger partial charge in [-0.05, 0) is 18.6 Å². The maximum Gasteiger partial charge on any atom is 0.340 e. The van der Waals surface area contributed by atoms with Crippen molar-refractivity contribution in [1.82, 2.24) is 5.16 Å². The number of hydrogen-bond acceptors (Lipinski definition) is 5. The minimum atomic E-state index is -0.491. The number of carbonyl (C=O) groups excluding carboxylic acids is 2. The lowest BCUT2D eigenvalue weighted by Crippen LogP contribution is -2.26. The van der Waals surface area contributed by atoms with Crippen LogP contribution < -0.4 is 4.90 Å². The number of aromatic nitrogens is 1. The number of benzene rings is 2. The number of para-hydroxylation sites is 1. The van der Waals surface area contributed by atoms with Gasteiger partial charge in [-0.2, -0.15) is 0 Å². The molecular formula is C21H18N2O4. The van der Waals surface area contributed by atoms with Gasteiger partial charge >= 0.3 is 5.97 Å². The van der Waals surface area contributed by atoms with E-state index in [0.29, 0.717) is 35.7 Å². The molecule has 0 unspecified atom stereocenters. The zero-order chi connectivity index (χ0) is 18.6. The summed E-state index contributed by atoms with van der Waals surface area (Å²) >= 11 is 0. The first-order valence-electron chi connectivity index (χ1n) is 8.80. The van der Waals surface area contributed by atoms with Crippen molar-refractivity contribution in [3.63, 3.8) is 0 Å². The number of hydrogen-bond donors (Lipinski definition) is 0. The minimum absolute atomic E-state index is 0.00253. The summed E-state index contributed by atoms with van der Waals surface area (Å²) in [5, 5.41) is 3.95. The minimum Gasteiger partial charge on any atom is -0.455 e. The molecule has 0 saturated carbocycles. The van der Waals surface area contributed by atoms with Crippen molar-refractivity contribution in [2.75, 3.05) is 11.4 Å². The van der Waals surface area contributed by atoms with Gasteiger partial charge in [0.2, 0.25) is 5.91 Å².